The van der Waals surface area contributed by atoms with Crippen molar-refractivity contribution in [2.75, 3.05) is 5.32 Å². The molecule has 20 heavy (non-hydrogen) atoms. The number of thiophene rings is 2. The van der Waals surface area contributed by atoms with Gasteiger partial charge in [-0.05, 0) is 38.8 Å². The number of carbonyl (C=O) groups excluding carboxylic acids is 2. The van der Waals surface area contributed by atoms with Gasteiger partial charge in [-0.1, -0.05) is 0 Å². The number of primary amides is 1. The lowest BCUT2D eigenvalue weighted by Gasteiger charge is -2.05. The maximum Gasteiger partial charge on any atom is 0.257 e. The molecule has 0 bridgehead atoms. The van der Waals surface area contributed by atoms with Gasteiger partial charge >= 0.3 is 0 Å². The summed E-state index contributed by atoms with van der Waals surface area (Å²) in [7, 11) is 0. The molecule has 6 heteroatoms. The van der Waals surface area contributed by atoms with E-state index in [1.165, 1.54) is 22.7 Å². The quantitative estimate of drug-likeness (QED) is 0.912. The molecule has 0 aromatic carbocycles. The van der Waals surface area contributed by atoms with Gasteiger partial charge in [0, 0.05) is 15.1 Å². The van der Waals surface area contributed by atoms with Gasteiger partial charge in [0.15, 0.2) is 0 Å². The van der Waals surface area contributed by atoms with E-state index in [0.29, 0.717) is 16.1 Å². The molecule has 4 nitrogen and oxygen atoms in total. The van der Waals surface area contributed by atoms with Crippen molar-refractivity contribution in [3.8, 4) is 0 Å². The Labute approximate surface area is 125 Å². The lowest BCUT2D eigenvalue weighted by atomic mass is 10.1. The number of aryl methyl sites for hydroxylation is 2. The molecule has 0 aliphatic heterocycles. The second-order valence-corrected chi connectivity index (χ2v) is 6.94. The van der Waals surface area contributed by atoms with E-state index in [1.807, 2.05) is 33.1 Å². The molecule has 0 aliphatic rings. The average Bonchev–Trinajstić information content (AvgIpc) is 2.82. The first kappa shape index (κ1) is 14.7. The Hall–Kier alpha value is -1.66. The molecule has 2 aromatic rings. The first-order chi connectivity index (χ1) is 9.32. The van der Waals surface area contributed by atoms with Crippen molar-refractivity contribution >= 4 is 39.5 Å². The van der Waals surface area contributed by atoms with E-state index in [9.17, 15) is 9.59 Å². The minimum absolute atomic E-state index is 0.199. The minimum Gasteiger partial charge on any atom is -0.365 e. The molecule has 2 heterocycles. The maximum atomic E-state index is 12.3. The van der Waals surface area contributed by atoms with Crippen LogP contribution in [0.4, 0.5) is 5.00 Å². The number of anilines is 1. The highest BCUT2D eigenvalue weighted by Crippen LogP contribution is 2.33. The van der Waals surface area contributed by atoms with Crippen LogP contribution >= 0.6 is 22.7 Å². The number of nitrogens with two attached hydrogens (primary N) is 1. The van der Waals surface area contributed by atoms with E-state index >= 15 is 0 Å². The van der Waals surface area contributed by atoms with Gasteiger partial charge in [-0.15, -0.1) is 22.7 Å². The molecule has 0 atom stereocenters. The first-order valence-electron chi connectivity index (χ1n) is 6.08. The van der Waals surface area contributed by atoms with Crippen molar-refractivity contribution in [2.45, 2.75) is 27.7 Å². The molecule has 2 rings (SSSR count). The molecular formula is C14H16N2O2S2. The van der Waals surface area contributed by atoms with Crippen LogP contribution in [0.1, 0.15) is 41.6 Å². The van der Waals surface area contributed by atoms with E-state index in [-0.39, 0.29) is 5.91 Å². The molecule has 3 N–H and O–H groups in total. The Morgan fingerprint density at radius 3 is 2.25 bits per heavy atom. The van der Waals surface area contributed by atoms with Crippen LogP contribution < -0.4 is 11.1 Å². The molecule has 0 saturated carbocycles. The van der Waals surface area contributed by atoms with Gasteiger partial charge in [0.05, 0.1) is 11.1 Å². The monoisotopic (exact) mass is 308 g/mol. The standard InChI is InChI=1S/C14H16N2O2S2/c1-6-8(3)19-5-10(6)13(18)16-14-11(12(15)17)7(2)9(4)20-14/h5H,1-4H3,(H2,15,17)(H,16,18). The lowest BCUT2D eigenvalue weighted by Crippen LogP contribution is -2.17. The molecule has 0 spiro atoms. The van der Waals surface area contributed by atoms with Gasteiger partial charge in [-0.25, -0.2) is 0 Å². The fraction of sp³-hybridized carbons (Fsp3) is 0.286. The second-order valence-electron chi connectivity index (χ2n) is 4.64. The number of hydrogen-bond acceptors (Lipinski definition) is 4. The van der Waals surface area contributed by atoms with Crippen LogP contribution in [0.2, 0.25) is 0 Å². The zero-order valence-corrected chi connectivity index (χ0v) is 13.4. The van der Waals surface area contributed by atoms with E-state index < -0.39 is 5.91 Å². The largest absolute Gasteiger partial charge is 0.365 e. The van der Waals surface area contributed by atoms with Crippen LogP contribution in [0, 0.1) is 27.7 Å². The van der Waals surface area contributed by atoms with Crippen molar-refractivity contribution in [3.63, 3.8) is 0 Å². The zero-order valence-electron chi connectivity index (χ0n) is 11.8. The molecule has 0 saturated heterocycles. The number of amides is 2. The van der Waals surface area contributed by atoms with Gasteiger partial charge in [-0.3, -0.25) is 9.59 Å². The summed E-state index contributed by atoms with van der Waals surface area (Å²) in [6.45, 7) is 7.63. The highest BCUT2D eigenvalue weighted by Gasteiger charge is 2.20. The van der Waals surface area contributed by atoms with Crippen LogP contribution in [0.3, 0.4) is 0 Å². The second kappa shape index (κ2) is 5.38. The predicted molar refractivity (Wildman–Crippen MR) is 84.1 cm³/mol. The number of rotatable bonds is 3. The third kappa shape index (κ3) is 2.48. The average molecular weight is 308 g/mol. The highest BCUT2D eigenvalue weighted by molar-refractivity contribution is 7.17. The number of nitrogens with one attached hydrogen (secondary N) is 1. The van der Waals surface area contributed by atoms with E-state index in [4.69, 9.17) is 5.73 Å². The van der Waals surface area contributed by atoms with Crippen LogP contribution in [0.25, 0.3) is 0 Å². The molecule has 0 fully saturated rings. The third-order valence-electron chi connectivity index (χ3n) is 3.39. The van der Waals surface area contributed by atoms with Crippen LogP contribution in [-0.2, 0) is 0 Å². The smallest absolute Gasteiger partial charge is 0.257 e. The Balaban J connectivity index is 2.36. The summed E-state index contributed by atoms with van der Waals surface area (Å²) < 4.78 is 0. The van der Waals surface area contributed by atoms with Crippen LogP contribution in [0.15, 0.2) is 5.38 Å². The van der Waals surface area contributed by atoms with Crippen molar-refractivity contribution in [2.24, 2.45) is 5.73 Å². The SMILES string of the molecule is Cc1scc(C(=O)Nc2sc(C)c(C)c2C(N)=O)c1C. The van der Waals surface area contributed by atoms with E-state index in [1.54, 1.807) is 0 Å². The van der Waals surface area contributed by atoms with Gasteiger partial charge in [0.2, 0.25) is 0 Å². The molecule has 2 amide bonds. The van der Waals surface area contributed by atoms with Gasteiger partial charge in [-0.2, -0.15) is 0 Å². The third-order valence-corrected chi connectivity index (χ3v) is 5.53. The van der Waals surface area contributed by atoms with Crippen molar-refractivity contribution < 1.29 is 9.59 Å². The summed E-state index contributed by atoms with van der Waals surface area (Å²) in [4.78, 5) is 25.9. The number of hydrogen-bond donors (Lipinski definition) is 2. The Morgan fingerprint density at radius 2 is 1.75 bits per heavy atom. The first-order valence-corrected chi connectivity index (χ1v) is 7.78. The van der Waals surface area contributed by atoms with E-state index in [0.717, 1.165) is 20.9 Å². The Bertz CT molecular complexity index is 698. The molecular weight excluding hydrogens is 292 g/mol. The summed E-state index contributed by atoms with van der Waals surface area (Å²) in [6.07, 6.45) is 0. The highest BCUT2D eigenvalue weighted by atomic mass is 32.1. The molecule has 0 unspecified atom stereocenters. The van der Waals surface area contributed by atoms with Gasteiger partial charge in [0.25, 0.3) is 11.8 Å². The summed E-state index contributed by atoms with van der Waals surface area (Å²) in [5.41, 5.74) is 8.25. The summed E-state index contributed by atoms with van der Waals surface area (Å²) in [6, 6.07) is 0. The molecule has 0 radical (unpaired) electrons. The molecule has 0 aliphatic carbocycles. The fourth-order valence-electron chi connectivity index (χ4n) is 1.92. The fourth-order valence-corrected chi connectivity index (χ4v) is 3.85. The van der Waals surface area contributed by atoms with Crippen molar-refractivity contribution in [1.29, 1.82) is 0 Å². The van der Waals surface area contributed by atoms with E-state index in [2.05, 4.69) is 5.32 Å². The lowest BCUT2D eigenvalue weighted by molar-refractivity contribution is 0.100. The predicted octanol–water partition coefficient (Wildman–Crippen LogP) is 3.39. The Morgan fingerprint density at radius 1 is 1.10 bits per heavy atom. The number of carbonyl (C=O) groups is 2. The van der Waals surface area contributed by atoms with Gasteiger partial charge in [0.1, 0.15) is 5.00 Å². The van der Waals surface area contributed by atoms with Crippen molar-refractivity contribution in [3.05, 3.63) is 37.4 Å². The summed E-state index contributed by atoms with van der Waals surface area (Å²) >= 11 is 2.92. The minimum atomic E-state index is -0.514. The normalized spacial score (nSPS) is 10.6. The zero-order chi connectivity index (χ0) is 15.0. The topological polar surface area (TPSA) is 72.2 Å². The van der Waals surface area contributed by atoms with Crippen LogP contribution in [0.5, 0.6) is 0 Å². The van der Waals surface area contributed by atoms with Crippen molar-refractivity contribution in [1.82, 2.24) is 0 Å². The summed E-state index contributed by atoms with van der Waals surface area (Å²) in [5.74, 6) is -0.712. The summed E-state index contributed by atoms with van der Waals surface area (Å²) in [5, 5.41) is 5.17. The van der Waals surface area contributed by atoms with Crippen LogP contribution in [-0.4, -0.2) is 11.8 Å². The molecule has 106 valence electrons. The van der Waals surface area contributed by atoms with Gasteiger partial charge < -0.3 is 11.1 Å². The molecule has 2 aromatic heterocycles. The Kier molecular flexibility index (Phi) is 3.96. The maximum absolute atomic E-state index is 12.3.